The number of hydrogen-bond acceptors (Lipinski definition) is 4. The SMILES string of the molecule is O=C(NCCN1CCNCC1)c1ccc(N2CCCC2=O)cc1. The monoisotopic (exact) mass is 316 g/mol. The third-order valence-electron chi connectivity index (χ3n) is 4.44. The number of benzene rings is 1. The van der Waals surface area contributed by atoms with Crippen molar-refractivity contribution >= 4 is 17.5 Å². The number of anilines is 1. The van der Waals surface area contributed by atoms with Crippen molar-refractivity contribution in [1.82, 2.24) is 15.5 Å². The number of nitrogens with one attached hydrogen (secondary N) is 2. The van der Waals surface area contributed by atoms with E-state index in [0.29, 0.717) is 18.5 Å². The van der Waals surface area contributed by atoms with Gasteiger partial charge >= 0.3 is 0 Å². The second kappa shape index (κ2) is 7.57. The van der Waals surface area contributed by atoms with Crippen molar-refractivity contribution in [3.8, 4) is 0 Å². The van der Waals surface area contributed by atoms with Crippen LogP contribution in [0, 0.1) is 0 Å². The van der Waals surface area contributed by atoms with Gasteiger partial charge in [0.15, 0.2) is 0 Å². The van der Waals surface area contributed by atoms with E-state index in [9.17, 15) is 9.59 Å². The largest absolute Gasteiger partial charge is 0.351 e. The Labute approximate surface area is 136 Å². The van der Waals surface area contributed by atoms with Crippen LogP contribution in [0.1, 0.15) is 23.2 Å². The van der Waals surface area contributed by atoms with Crippen LogP contribution in [0.5, 0.6) is 0 Å². The molecule has 2 amide bonds. The summed E-state index contributed by atoms with van der Waals surface area (Å²) in [6.07, 6.45) is 1.53. The molecule has 124 valence electrons. The van der Waals surface area contributed by atoms with E-state index in [1.54, 1.807) is 17.0 Å². The minimum absolute atomic E-state index is 0.0561. The maximum atomic E-state index is 12.2. The van der Waals surface area contributed by atoms with Crippen molar-refractivity contribution < 1.29 is 9.59 Å². The number of carbonyl (C=O) groups is 2. The van der Waals surface area contributed by atoms with Gasteiger partial charge in [-0.15, -0.1) is 0 Å². The first-order valence-electron chi connectivity index (χ1n) is 8.36. The third-order valence-corrected chi connectivity index (χ3v) is 4.44. The highest BCUT2D eigenvalue weighted by molar-refractivity contribution is 5.97. The minimum Gasteiger partial charge on any atom is -0.351 e. The van der Waals surface area contributed by atoms with Gasteiger partial charge in [0.1, 0.15) is 0 Å². The molecule has 2 saturated heterocycles. The number of rotatable bonds is 5. The van der Waals surface area contributed by atoms with Crippen molar-refractivity contribution in [3.05, 3.63) is 29.8 Å². The fourth-order valence-corrected chi connectivity index (χ4v) is 3.08. The Kier molecular flexibility index (Phi) is 5.25. The van der Waals surface area contributed by atoms with E-state index in [2.05, 4.69) is 15.5 Å². The lowest BCUT2D eigenvalue weighted by Gasteiger charge is -2.27. The Morgan fingerprint density at radius 3 is 2.52 bits per heavy atom. The summed E-state index contributed by atoms with van der Waals surface area (Å²) in [6.45, 7) is 6.42. The van der Waals surface area contributed by atoms with Gasteiger partial charge in [0.2, 0.25) is 5.91 Å². The maximum absolute atomic E-state index is 12.2. The van der Waals surface area contributed by atoms with Crippen molar-refractivity contribution in [1.29, 1.82) is 0 Å². The Balaban J connectivity index is 1.48. The summed E-state index contributed by atoms with van der Waals surface area (Å²) in [5.41, 5.74) is 1.52. The average molecular weight is 316 g/mol. The first kappa shape index (κ1) is 16.0. The molecule has 0 unspecified atom stereocenters. The van der Waals surface area contributed by atoms with E-state index in [1.807, 2.05) is 12.1 Å². The first-order chi connectivity index (χ1) is 11.2. The molecule has 3 rings (SSSR count). The highest BCUT2D eigenvalue weighted by Gasteiger charge is 2.21. The van der Waals surface area contributed by atoms with E-state index in [-0.39, 0.29) is 11.8 Å². The first-order valence-corrected chi connectivity index (χ1v) is 8.36. The lowest BCUT2D eigenvalue weighted by molar-refractivity contribution is -0.117. The van der Waals surface area contributed by atoms with Gasteiger partial charge in [0.05, 0.1) is 0 Å². The third kappa shape index (κ3) is 4.09. The summed E-state index contributed by atoms with van der Waals surface area (Å²) in [7, 11) is 0. The predicted molar refractivity (Wildman–Crippen MR) is 89.7 cm³/mol. The lowest BCUT2D eigenvalue weighted by atomic mass is 10.2. The number of nitrogens with zero attached hydrogens (tertiary/aromatic N) is 2. The molecule has 2 N–H and O–H groups in total. The molecule has 6 nitrogen and oxygen atoms in total. The minimum atomic E-state index is -0.0561. The predicted octanol–water partition coefficient (Wildman–Crippen LogP) is 0.448. The summed E-state index contributed by atoms with van der Waals surface area (Å²) in [6, 6.07) is 7.30. The summed E-state index contributed by atoms with van der Waals surface area (Å²) >= 11 is 0. The van der Waals surface area contributed by atoms with Gasteiger partial charge in [-0.2, -0.15) is 0 Å². The highest BCUT2D eigenvalue weighted by Crippen LogP contribution is 2.21. The Morgan fingerprint density at radius 2 is 1.87 bits per heavy atom. The van der Waals surface area contributed by atoms with Gasteiger partial charge in [-0.05, 0) is 30.7 Å². The zero-order chi connectivity index (χ0) is 16.1. The van der Waals surface area contributed by atoms with Crippen LogP contribution in [0.15, 0.2) is 24.3 Å². The average Bonchev–Trinajstić information content (AvgIpc) is 3.02. The molecule has 2 aliphatic rings. The molecule has 1 aromatic carbocycles. The van der Waals surface area contributed by atoms with E-state index < -0.39 is 0 Å². The molecule has 0 aliphatic carbocycles. The molecular formula is C17H24N4O2. The molecule has 6 heteroatoms. The Bertz CT molecular complexity index is 552. The maximum Gasteiger partial charge on any atom is 0.251 e. The summed E-state index contributed by atoms with van der Waals surface area (Å²) in [5.74, 6) is 0.109. The van der Waals surface area contributed by atoms with Gasteiger partial charge in [-0.25, -0.2) is 0 Å². The molecule has 0 spiro atoms. The smallest absolute Gasteiger partial charge is 0.251 e. The van der Waals surface area contributed by atoms with E-state index >= 15 is 0 Å². The second-order valence-electron chi connectivity index (χ2n) is 6.04. The van der Waals surface area contributed by atoms with Crippen LogP contribution in [0.25, 0.3) is 0 Å². The molecule has 23 heavy (non-hydrogen) atoms. The van der Waals surface area contributed by atoms with Gasteiger partial charge in [-0.3, -0.25) is 14.5 Å². The van der Waals surface area contributed by atoms with Crippen LogP contribution in [0.4, 0.5) is 5.69 Å². The van der Waals surface area contributed by atoms with Gasteiger partial charge < -0.3 is 15.5 Å². The fourth-order valence-electron chi connectivity index (χ4n) is 3.08. The summed E-state index contributed by atoms with van der Waals surface area (Å²) in [4.78, 5) is 28.0. The molecule has 2 heterocycles. The van der Waals surface area contributed by atoms with Gasteiger partial charge in [-0.1, -0.05) is 0 Å². The fraction of sp³-hybridized carbons (Fsp3) is 0.529. The normalized spacial score (nSPS) is 19.1. The molecule has 1 aromatic rings. The topological polar surface area (TPSA) is 64.7 Å². The lowest BCUT2D eigenvalue weighted by Crippen LogP contribution is -2.46. The Hall–Kier alpha value is -1.92. The van der Waals surface area contributed by atoms with Gasteiger partial charge in [0, 0.05) is 63.5 Å². The van der Waals surface area contributed by atoms with E-state index in [4.69, 9.17) is 0 Å². The van der Waals surface area contributed by atoms with Crippen molar-refractivity contribution in [2.45, 2.75) is 12.8 Å². The van der Waals surface area contributed by atoms with Gasteiger partial charge in [0.25, 0.3) is 5.91 Å². The quantitative estimate of drug-likeness (QED) is 0.828. The van der Waals surface area contributed by atoms with E-state index in [1.165, 1.54) is 0 Å². The summed E-state index contributed by atoms with van der Waals surface area (Å²) in [5, 5.41) is 6.28. The number of carbonyl (C=O) groups excluding carboxylic acids is 2. The molecule has 0 radical (unpaired) electrons. The number of amides is 2. The van der Waals surface area contributed by atoms with Crippen molar-refractivity contribution in [3.63, 3.8) is 0 Å². The van der Waals surface area contributed by atoms with Crippen LogP contribution < -0.4 is 15.5 Å². The standard InChI is InChI=1S/C17H24N4O2/c22-16-2-1-10-21(16)15-5-3-14(4-6-15)17(23)19-9-13-20-11-7-18-8-12-20/h3-6,18H,1-2,7-13H2,(H,19,23). The van der Waals surface area contributed by atoms with Crippen LogP contribution in [0.3, 0.4) is 0 Å². The van der Waals surface area contributed by atoms with E-state index in [0.717, 1.165) is 51.4 Å². The van der Waals surface area contributed by atoms with Crippen LogP contribution in [0.2, 0.25) is 0 Å². The molecule has 2 fully saturated rings. The van der Waals surface area contributed by atoms with Crippen molar-refractivity contribution in [2.24, 2.45) is 0 Å². The summed E-state index contributed by atoms with van der Waals surface area (Å²) < 4.78 is 0. The molecule has 0 saturated carbocycles. The van der Waals surface area contributed by atoms with Crippen LogP contribution >= 0.6 is 0 Å². The molecule has 2 aliphatic heterocycles. The zero-order valence-electron chi connectivity index (χ0n) is 13.4. The zero-order valence-corrected chi connectivity index (χ0v) is 13.4. The number of hydrogen-bond donors (Lipinski definition) is 2. The van der Waals surface area contributed by atoms with Crippen LogP contribution in [-0.4, -0.2) is 62.5 Å². The molecule has 0 aromatic heterocycles. The molecule has 0 atom stereocenters. The molecule has 0 bridgehead atoms. The highest BCUT2D eigenvalue weighted by atomic mass is 16.2. The molecular weight excluding hydrogens is 292 g/mol. The van der Waals surface area contributed by atoms with Crippen molar-refractivity contribution in [2.75, 3.05) is 50.7 Å². The Morgan fingerprint density at radius 1 is 1.13 bits per heavy atom. The van der Waals surface area contributed by atoms with Crippen LogP contribution in [-0.2, 0) is 4.79 Å². The second-order valence-corrected chi connectivity index (χ2v) is 6.04. The number of piperazine rings is 1.